The van der Waals surface area contributed by atoms with E-state index in [0.717, 1.165) is 0 Å². The Morgan fingerprint density at radius 1 is 1.53 bits per heavy atom. The van der Waals surface area contributed by atoms with Crippen LogP contribution in [0.3, 0.4) is 0 Å². The van der Waals surface area contributed by atoms with Gasteiger partial charge in [-0.2, -0.15) is 0 Å². The van der Waals surface area contributed by atoms with Gasteiger partial charge in [0.25, 0.3) is 0 Å². The number of carbonyl (C=O) groups is 1. The number of halogens is 2. The maximum atomic E-state index is 13.8. The average Bonchev–Trinajstić information content (AvgIpc) is 2.25. The quantitative estimate of drug-likeness (QED) is 0.905. The highest BCUT2D eigenvalue weighted by Crippen LogP contribution is 2.32. The summed E-state index contributed by atoms with van der Waals surface area (Å²) >= 11 is 5.76. The lowest BCUT2D eigenvalue weighted by Gasteiger charge is -2.19. The third-order valence-electron chi connectivity index (χ3n) is 2.56. The van der Waals surface area contributed by atoms with E-state index in [1.54, 1.807) is 0 Å². The second-order valence-corrected chi connectivity index (χ2v) is 4.80. The molecule has 1 N–H and O–H groups in total. The Labute approximate surface area is 104 Å². The molecule has 0 atom stereocenters. The lowest BCUT2D eigenvalue weighted by molar-refractivity contribution is -0.146. The Hall–Kier alpha value is -1.29. The van der Waals surface area contributed by atoms with Gasteiger partial charge in [0.15, 0.2) is 0 Å². The zero-order valence-electron chi connectivity index (χ0n) is 9.88. The fourth-order valence-electron chi connectivity index (χ4n) is 1.42. The Balaban J connectivity index is 3.09. The molecule has 0 spiro atoms. The first kappa shape index (κ1) is 13.8. The monoisotopic (exact) mass is 260 g/mol. The summed E-state index contributed by atoms with van der Waals surface area (Å²) in [5, 5.41) is 8.86. The molecule has 0 bridgehead atoms. The molecule has 0 saturated carbocycles. The van der Waals surface area contributed by atoms with Gasteiger partial charge in [0.1, 0.15) is 16.6 Å². The van der Waals surface area contributed by atoms with Crippen molar-refractivity contribution in [2.75, 3.05) is 7.11 Å². The van der Waals surface area contributed by atoms with Gasteiger partial charge in [-0.3, -0.25) is 4.79 Å². The molecular weight excluding hydrogens is 247 g/mol. The molecule has 0 aliphatic heterocycles. The maximum absolute atomic E-state index is 13.8. The number of hydrogen-bond acceptors (Lipinski definition) is 2. The molecule has 0 heterocycles. The van der Waals surface area contributed by atoms with E-state index in [1.165, 1.54) is 33.1 Å². The average molecular weight is 261 g/mol. The van der Waals surface area contributed by atoms with Crippen molar-refractivity contribution in [3.05, 3.63) is 28.5 Å². The summed E-state index contributed by atoms with van der Waals surface area (Å²) in [6, 6.07) is 3.02. The predicted octanol–water partition coefficient (Wildman–Crippen LogP) is 3.14. The molecule has 94 valence electrons. The van der Waals surface area contributed by atoms with Crippen LogP contribution in [0.15, 0.2) is 12.1 Å². The molecule has 1 rings (SSSR count). The molecule has 0 amide bonds. The molecule has 0 aliphatic carbocycles. The SMILES string of the molecule is COc1ccc(CC(C)(C)C(=O)O)c(F)c1Cl. The molecule has 0 fully saturated rings. The van der Waals surface area contributed by atoms with E-state index < -0.39 is 17.2 Å². The molecule has 0 aliphatic rings. The van der Waals surface area contributed by atoms with Gasteiger partial charge >= 0.3 is 5.97 Å². The standard InChI is InChI=1S/C12H14ClFO3/c1-12(2,11(15)16)6-7-4-5-8(17-3)9(13)10(7)14/h4-5H,6H2,1-3H3,(H,15,16). The van der Waals surface area contributed by atoms with E-state index in [1.807, 2.05) is 0 Å². The van der Waals surface area contributed by atoms with Gasteiger partial charge in [-0.25, -0.2) is 4.39 Å². The zero-order valence-corrected chi connectivity index (χ0v) is 10.6. The van der Waals surface area contributed by atoms with E-state index in [2.05, 4.69) is 0 Å². The third-order valence-corrected chi connectivity index (χ3v) is 2.91. The third kappa shape index (κ3) is 2.88. The minimum atomic E-state index is -1.04. The molecule has 0 radical (unpaired) electrons. The molecular formula is C12H14ClFO3. The fourth-order valence-corrected chi connectivity index (χ4v) is 1.68. The predicted molar refractivity (Wildman–Crippen MR) is 63.1 cm³/mol. The van der Waals surface area contributed by atoms with Crippen LogP contribution in [-0.4, -0.2) is 18.2 Å². The van der Waals surface area contributed by atoms with Crippen LogP contribution in [0, 0.1) is 11.2 Å². The van der Waals surface area contributed by atoms with Crippen LogP contribution >= 0.6 is 11.6 Å². The Morgan fingerprint density at radius 2 is 2.12 bits per heavy atom. The summed E-state index contributed by atoms with van der Waals surface area (Å²) in [4.78, 5) is 11.0. The highest BCUT2D eigenvalue weighted by atomic mass is 35.5. The molecule has 0 saturated heterocycles. The number of hydrogen-bond donors (Lipinski definition) is 1. The van der Waals surface area contributed by atoms with Gasteiger partial charge in [-0.05, 0) is 31.9 Å². The normalized spacial score (nSPS) is 11.4. The topological polar surface area (TPSA) is 46.5 Å². The first-order valence-corrected chi connectivity index (χ1v) is 5.41. The summed E-state index contributed by atoms with van der Waals surface area (Å²) in [6.07, 6.45) is 0.0673. The van der Waals surface area contributed by atoms with Crippen LogP contribution in [0.4, 0.5) is 4.39 Å². The Bertz CT molecular complexity index is 444. The van der Waals surface area contributed by atoms with Crippen LogP contribution in [0.2, 0.25) is 5.02 Å². The second-order valence-electron chi connectivity index (χ2n) is 4.42. The van der Waals surface area contributed by atoms with Crippen molar-refractivity contribution in [1.29, 1.82) is 0 Å². The zero-order chi connectivity index (χ0) is 13.2. The summed E-state index contributed by atoms with van der Waals surface area (Å²) in [5.74, 6) is -1.37. The number of carboxylic acid groups (broad SMARTS) is 1. The number of rotatable bonds is 4. The number of benzene rings is 1. The van der Waals surface area contributed by atoms with Crippen molar-refractivity contribution in [2.45, 2.75) is 20.3 Å². The minimum Gasteiger partial charge on any atom is -0.495 e. The maximum Gasteiger partial charge on any atom is 0.309 e. The van der Waals surface area contributed by atoms with Gasteiger partial charge in [0.2, 0.25) is 0 Å². The lowest BCUT2D eigenvalue weighted by Crippen LogP contribution is -2.26. The van der Waals surface area contributed by atoms with Crippen LogP contribution in [0.5, 0.6) is 5.75 Å². The fraction of sp³-hybridized carbons (Fsp3) is 0.417. The molecule has 5 heteroatoms. The first-order valence-electron chi connectivity index (χ1n) is 5.04. The van der Waals surface area contributed by atoms with Crippen molar-refractivity contribution in [3.63, 3.8) is 0 Å². The van der Waals surface area contributed by atoms with Crippen LogP contribution in [0.1, 0.15) is 19.4 Å². The highest BCUT2D eigenvalue weighted by molar-refractivity contribution is 6.32. The van der Waals surface area contributed by atoms with Crippen molar-refractivity contribution in [3.8, 4) is 5.75 Å². The van der Waals surface area contributed by atoms with E-state index in [-0.39, 0.29) is 22.8 Å². The smallest absolute Gasteiger partial charge is 0.309 e. The van der Waals surface area contributed by atoms with Gasteiger partial charge < -0.3 is 9.84 Å². The van der Waals surface area contributed by atoms with E-state index >= 15 is 0 Å². The number of aliphatic carboxylic acids is 1. The molecule has 17 heavy (non-hydrogen) atoms. The van der Waals surface area contributed by atoms with E-state index in [0.29, 0.717) is 0 Å². The summed E-state index contributed by atoms with van der Waals surface area (Å²) in [6.45, 7) is 3.07. The summed E-state index contributed by atoms with van der Waals surface area (Å²) in [5.41, 5.74) is -0.776. The number of ether oxygens (including phenoxy) is 1. The minimum absolute atomic E-state index is 0.0673. The van der Waals surface area contributed by atoms with Gasteiger partial charge in [0, 0.05) is 0 Å². The molecule has 1 aromatic carbocycles. The summed E-state index contributed by atoms with van der Waals surface area (Å²) < 4.78 is 18.7. The van der Waals surface area contributed by atoms with Crippen molar-refractivity contribution >= 4 is 17.6 Å². The Kier molecular flexibility index (Phi) is 3.98. The van der Waals surface area contributed by atoms with Gasteiger partial charge in [-0.15, -0.1) is 0 Å². The number of methoxy groups -OCH3 is 1. The second kappa shape index (κ2) is 4.92. The summed E-state index contributed by atoms with van der Waals surface area (Å²) in [7, 11) is 1.39. The molecule has 3 nitrogen and oxygen atoms in total. The van der Waals surface area contributed by atoms with Crippen LogP contribution < -0.4 is 4.74 Å². The molecule has 1 aromatic rings. The van der Waals surface area contributed by atoms with E-state index in [4.69, 9.17) is 21.4 Å². The number of carboxylic acids is 1. The van der Waals surface area contributed by atoms with Crippen molar-refractivity contribution in [2.24, 2.45) is 5.41 Å². The van der Waals surface area contributed by atoms with Gasteiger partial charge in [-0.1, -0.05) is 17.7 Å². The first-order chi connectivity index (χ1) is 7.79. The molecule has 0 aromatic heterocycles. The van der Waals surface area contributed by atoms with E-state index in [9.17, 15) is 9.18 Å². The van der Waals surface area contributed by atoms with Crippen LogP contribution in [-0.2, 0) is 11.2 Å². The lowest BCUT2D eigenvalue weighted by atomic mass is 9.86. The van der Waals surface area contributed by atoms with Crippen LogP contribution in [0.25, 0.3) is 0 Å². The highest BCUT2D eigenvalue weighted by Gasteiger charge is 2.29. The molecule has 0 unspecified atom stereocenters. The van der Waals surface area contributed by atoms with Crippen molar-refractivity contribution < 1.29 is 19.0 Å². The van der Waals surface area contributed by atoms with Gasteiger partial charge in [0.05, 0.1) is 12.5 Å². The largest absolute Gasteiger partial charge is 0.495 e. The van der Waals surface area contributed by atoms with Crippen molar-refractivity contribution in [1.82, 2.24) is 0 Å². The Morgan fingerprint density at radius 3 is 2.59 bits per heavy atom.